The molecule has 0 saturated heterocycles. The van der Waals surface area contributed by atoms with Crippen molar-refractivity contribution in [3.63, 3.8) is 0 Å². The molecule has 0 amide bonds. The van der Waals surface area contributed by atoms with Crippen molar-refractivity contribution in [1.82, 2.24) is 15.0 Å². The number of pyridine rings is 1. The summed E-state index contributed by atoms with van der Waals surface area (Å²) in [4.78, 5) is 29.7. The van der Waals surface area contributed by atoms with Crippen molar-refractivity contribution in [2.24, 2.45) is 15.1 Å². The van der Waals surface area contributed by atoms with E-state index in [2.05, 4.69) is 24.3 Å². The summed E-state index contributed by atoms with van der Waals surface area (Å²) in [5, 5.41) is -0.544. The van der Waals surface area contributed by atoms with Gasteiger partial charge in [-0.05, 0) is 39.3 Å². The second kappa shape index (κ2) is 7.58. The Morgan fingerprint density at radius 3 is 2.69 bits per heavy atom. The number of ketones is 1. The van der Waals surface area contributed by atoms with Gasteiger partial charge >= 0.3 is 0 Å². The Labute approximate surface area is 185 Å². The van der Waals surface area contributed by atoms with Crippen LogP contribution in [0.15, 0.2) is 33.9 Å². The van der Waals surface area contributed by atoms with Crippen LogP contribution >= 0.6 is 0 Å². The predicted molar refractivity (Wildman–Crippen MR) is 118 cm³/mol. The van der Waals surface area contributed by atoms with Gasteiger partial charge in [-0.3, -0.25) is 14.8 Å². The summed E-state index contributed by atoms with van der Waals surface area (Å²) in [5.74, 6) is -0.485. The first-order valence-corrected chi connectivity index (χ1v) is 11.7. The van der Waals surface area contributed by atoms with Crippen LogP contribution in [-0.2, 0) is 21.7 Å². The van der Waals surface area contributed by atoms with Gasteiger partial charge in [-0.15, -0.1) is 0 Å². The third-order valence-electron chi connectivity index (χ3n) is 6.24. The third kappa shape index (κ3) is 3.26. The van der Waals surface area contributed by atoms with Crippen LogP contribution in [0.2, 0.25) is 0 Å². The highest BCUT2D eigenvalue weighted by atomic mass is 32.2. The van der Waals surface area contributed by atoms with E-state index in [0.717, 1.165) is 0 Å². The Morgan fingerprint density at radius 2 is 2.03 bits per heavy atom. The number of methoxy groups -OCH3 is 1. The number of carbonyl (C=O) groups is 1. The highest BCUT2D eigenvalue weighted by Crippen LogP contribution is 2.47. The molecule has 4 rings (SSSR count). The molecule has 0 aliphatic carbocycles. The molecule has 0 radical (unpaired) electrons. The van der Waals surface area contributed by atoms with E-state index in [-0.39, 0.29) is 35.3 Å². The lowest BCUT2D eigenvalue weighted by molar-refractivity contribution is 0.0986. The van der Waals surface area contributed by atoms with Gasteiger partial charge in [0.1, 0.15) is 33.3 Å². The molecule has 0 unspecified atom stereocenters. The predicted octanol–water partition coefficient (Wildman–Crippen LogP) is 2.05. The van der Waals surface area contributed by atoms with Gasteiger partial charge in [0.25, 0.3) is 0 Å². The standard InChI is InChI=1S/C21H25FN6O3S/c1-20(2)19(23)28-21(3,16-7-8-26-32(16,20)30)18-13(22)6-5-12(27-18)9-15(29)14-10-25-17(31-4)11-24-14/h5-6,10-11,16H,7-9H2,1-4H3,(H2,23,28)/t16-,21-,32+/m0/s1. The van der Waals surface area contributed by atoms with Crippen LogP contribution in [-0.4, -0.2) is 54.4 Å². The molecule has 0 fully saturated rings. The minimum atomic E-state index is -2.82. The van der Waals surface area contributed by atoms with E-state index in [1.165, 1.54) is 31.6 Å². The first kappa shape index (κ1) is 22.3. The molecule has 2 aromatic heterocycles. The van der Waals surface area contributed by atoms with Crippen molar-refractivity contribution in [3.05, 3.63) is 47.4 Å². The number of aliphatic imine (C=N–C) groups is 1. The minimum Gasteiger partial charge on any atom is -0.480 e. The third-order valence-corrected chi connectivity index (χ3v) is 9.94. The van der Waals surface area contributed by atoms with Crippen LogP contribution in [0.1, 0.15) is 49.1 Å². The minimum absolute atomic E-state index is 0.0110. The molecular weight excluding hydrogens is 435 g/mol. The van der Waals surface area contributed by atoms with E-state index >= 15 is 4.39 Å². The Kier molecular flexibility index (Phi) is 5.27. The number of ether oxygens (including phenoxy) is 1. The van der Waals surface area contributed by atoms with Crippen LogP contribution in [0.25, 0.3) is 0 Å². The van der Waals surface area contributed by atoms with Gasteiger partial charge in [0.15, 0.2) is 5.78 Å². The summed E-state index contributed by atoms with van der Waals surface area (Å²) in [5.41, 5.74) is 5.44. The number of hydrogen-bond acceptors (Lipinski definition) is 9. The number of hydrogen-bond donors (Lipinski definition) is 1. The number of halogens is 1. The van der Waals surface area contributed by atoms with E-state index in [4.69, 9.17) is 10.5 Å². The molecule has 2 aliphatic heterocycles. The van der Waals surface area contributed by atoms with Crippen LogP contribution in [0.5, 0.6) is 5.88 Å². The van der Waals surface area contributed by atoms with Gasteiger partial charge in [0.2, 0.25) is 5.88 Å². The molecule has 11 heteroatoms. The van der Waals surface area contributed by atoms with Crippen molar-refractivity contribution in [3.8, 4) is 5.88 Å². The normalized spacial score (nSPS) is 28.4. The first-order valence-electron chi connectivity index (χ1n) is 10.1. The van der Waals surface area contributed by atoms with Crippen LogP contribution in [0, 0.1) is 5.82 Å². The van der Waals surface area contributed by atoms with Crippen molar-refractivity contribution < 1.29 is 18.1 Å². The average Bonchev–Trinajstić information content (AvgIpc) is 3.18. The topological polar surface area (TPSA) is 133 Å². The van der Waals surface area contributed by atoms with E-state index in [1.807, 2.05) is 0 Å². The average molecular weight is 461 g/mol. The Hall–Kier alpha value is -2.95. The number of amidine groups is 1. The lowest BCUT2D eigenvalue weighted by Crippen LogP contribution is -2.58. The van der Waals surface area contributed by atoms with Gasteiger partial charge in [-0.25, -0.2) is 22.9 Å². The quantitative estimate of drug-likeness (QED) is 0.675. The molecule has 0 aromatic carbocycles. The SMILES string of the molecule is COc1cnc(C(=O)Cc2ccc(F)c([C@@]3(C)N=C(N)C(C)(C)[S@@]4(=O)=NCC[C@@H]34)n2)cn1. The van der Waals surface area contributed by atoms with E-state index in [0.29, 0.717) is 18.7 Å². The lowest BCUT2D eigenvalue weighted by atomic mass is 9.89. The second-order valence-corrected chi connectivity index (χ2v) is 11.5. The highest BCUT2D eigenvalue weighted by Gasteiger charge is 2.57. The lowest BCUT2D eigenvalue weighted by Gasteiger charge is -2.44. The summed E-state index contributed by atoms with van der Waals surface area (Å²) in [6.45, 7) is 5.59. The summed E-state index contributed by atoms with van der Waals surface area (Å²) in [6, 6.07) is 2.68. The number of nitrogens with zero attached hydrogens (tertiary/aromatic N) is 5. The maximum atomic E-state index is 15.0. The molecule has 0 spiro atoms. The zero-order valence-electron chi connectivity index (χ0n) is 18.3. The number of fused-ring (bicyclic) bond motifs is 1. The fourth-order valence-electron chi connectivity index (χ4n) is 4.23. The molecule has 9 nitrogen and oxygen atoms in total. The highest BCUT2D eigenvalue weighted by molar-refractivity contribution is 7.96. The van der Waals surface area contributed by atoms with Crippen LogP contribution in [0.4, 0.5) is 4.39 Å². The molecule has 3 atom stereocenters. The van der Waals surface area contributed by atoms with Gasteiger partial charge in [0, 0.05) is 12.2 Å². The summed E-state index contributed by atoms with van der Waals surface area (Å²) >= 11 is 0. The first-order chi connectivity index (χ1) is 15.0. The largest absolute Gasteiger partial charge is 0.480 e. The molecular formula is C21H25FN6O3S. The van der Waals surface area contributed by atoms with Gasteiger partial charge in [-0.1, -0.05) is 0 Å². The Bertz CT molecular complexity index is 1240. The molecule has 2 N–H and O–H groups in total. The van der Waals surface area contributed by atoms with E-state index in [9.17, 15) is 9.00 Å². The molecule has 32 heavy (non-hydrogen) atoms. The van der Waals surface area contributed by atoms with Gasteiger partial charge in [0.05, 0.1) is 40.9 Å². The molecule has 170 valence electrons. The van der Waals surface area contributed by atoms with Crippen LogP contribution in [0.3, 0.4) is 0 Å². The van der Waals surface area contributed by atoms with E-state index in [1.54, 1.807) is 20.8 Å². The maximum Gasteiger partial charge on any atom is 0.232 e. The number of carbonyl (C=O) groups excluding carboxylic acids is 1. The molecule has 2 aromatic rings. The van der Waals surface area contributed by atoms with Crippen LogP contribution < -0.4 is 10.5 Å². The Balaban J connectivity index is 1.73. The zero-order valence-corrected chi connectivity index (χ0v) is 19.1. The molecule has 0 saturated carbocycles. The summed E-state index contributed by atoms with van der Waals surface area (Å²) in [6.07, 6.45) is 3.04. The zero-order chi connectivity index (χ0) is 23.3. The van der Waals surface area contributed by atoms with Crippen molar-refractivity contribution in [2.75, 3.05) is 13.7 Å². The number of Topliss-reactive ketones (excluding diaryl/α,β-unsaturated/α-hetero) is 1. The monoisotopic (exact) mass is 460 g/mol. The number of nitrogens with two attached hydrogens (primary N) is 1. The molecule has 0 bridgehead atoms. The van der Waals surface area contributed by atoms with E-state index < -0.39 is 31.1 Å². The van der Waals surface area contributed by atoms with Gasteiger partial charge in [-0.2, -0.15) is 0 Å². The summed E-state index contributed by atoms with van der Waals surface area (Å²) in [7, 11) is -1.36. The summed E-state index contributed by atoms with van der Waals surface area (Å²) < 4.78 is 37.3. The second-order valence-electron chi connectivity index (χ2n) is 8.53. The fraction of sp³-hybridized carbons (Fsp3) is 0.476. The molecule has 4 heterocycles. The fourth-order valence-corrected chi connectivity index (χ4v) is 7.38. The smallest absolute Gasteiger partial charge is 0.232 e. The number of rotatable bonds is 5. The van der Waals surface area contributed by atoms with Crippen molar-refractivity contribution in [1.29, 1.82) is 0 Å². The van der Waals surface area contributed by atoms with Crippen molar-refractivity contribution >= 4 is 21.3 Å². The van der Waals surface area contributed by atoms with Crippen molar-refractivity contribution in [2.45, 2.75) is 49.1 Å². The Morgan fingerprint density at radius 1 is 1.28 bits per heavy atom. The van der Waals surface area contributed by atoms with Gasteiger partial charge < -0.3 is 10.5 Å². The molecule has 2 aliphatic rings. The number of aromatic nitrogens is 3. The maximum absolute atomic E-state index is 15.0.